The Labute approximate surface area is 166 Å². The topological polar surface area (TPSA) is 45.9 Å². The summed E-state index contributed by atoms with van der Waals surface area (Å²) in [5, 5.41) is 13.1. The van der Waals surface area contributed by atoms with Gasteiger partial charge in [0.25, 0.3) is 0 Å². The van der Waals surface area contributed by atoms with Crippen LogP contribution in [0.4, 0.5) is 0 Å². The third-order valence-electron chi connectivity index (χ3n) is 3.57. The molecule has 3 rings (SSSR count). The van der Waals surface area contributed by atoms with Crippen molar-refractivity contribution in [2.45, 2.75) is 6.92 Å². The van der Waals surface area contributed by atoms with E-state index >= 15 is 0 Å². The molecule has 0 bridgehead atoms. The first-order valence-electron chi connectivity index (χ1n) is 7.86. The Morgan fingerprint density at radius 1 is 1.19 bits per heavy atom. The van der Waals surface area contributed by atoms with Crippen LogP contribution in [0, 0.1) is 11.3 Å². The van der Waals surface area contributed by atoms with Crippen molar-refractivity contribution in [3.8, 4) is 23.1 Å². The lowest BCUT2D eigenvalue weighted by Gasteiger charge is -2.02. The first kappa shape index (κ1) is 18.5. The van der Waals surface area contributed by atoms with Crippen molar-refractivity contribution in [2.24, 2.45) is 0 Å². The number of halogens is 2. The average Bonchev–Trinajstić information content (AvgIpc) is 3.13. The van der Waals surface area contributed by atoms with Crippen LogP contribution in [0.2, 0.25) is 10.0 Å². The summed E-state index contributed by atoms with van der Waals surface area (Å²) < 4.78 is 5.43. The lowest BCUT2D eigenvalue weighted by atomic mass is 10.1. The molecule has 0 unspecified atom stereocenters. The Morgan fingerprint density at radius 3 is 2.62 bits per heavy atom. The smallest absolute Gasteiger partial charge is 0.134 e. The van der Waals surface area contributed by atoms with Crippen LogP contribution >= 0.6 is 34.5 Å². The molecule has 0 N–H and O–H groups in total. The number of hydrogen-bond acceptors (Lipinski definition) is 4. The highest BCUT2D eigenvalue weighted by Crippen LogP contribution is 2.31. The van der Waals surface area contributed by atoms with E-state index in [1.165, 1.54) is 11.3 Å². The summed E-state index contributed by atoms with van der Waals surface area (Å²) in [5.74, 6) is 0.805. The van der Waals surface area contributed by atoms with Gasteiger partial charge in [-0.3, -0.25) is 0 Å². The quantitative estimate of drug-likeness (QED) is 0.454. The number of hydrogen-bond donors (Lipinski definition) is 0. The van der Waals surface area contributed by atoms with Gasteiger partial charge in [0, 0.05) is 10.9 Å². The molecule has 0 aliphatic carbocycles. The summed E-state index contributed by atoms with van der Waals surface area (Å²) in [6.07, 6.45) is 1.81. The van der Waals surface area contributed by atoms with E-state index < -0.39 is 0 Å². The molecule has 0 spiro atoms. The zero-order valence-corrected chi connectivity index (χ0v) is 16.2. The third-order valence-corrected chi connectivity index (χ3v) is 5.19. The van der Waals surface area contributed by atoms with Gasteiger partial charge < -0.3 is 4.74 Å². The summed E-state index contributed by atoms with van der Waals surface area (Å²) in [7, 11) is 0. The van der Waals surface area contributed by atoms with Gasteiger partial charge in [-0.25, -0.2) is 4.98 Å². The molecular weight excluding hydrogens is 387 g/mol. The summed E-state index contributed by atoms with van der Waals surface area (Å²) in [4.78, 5) is 4.57. The lowest BCUT2D eigenvalue weighted by Crippen LogP contribution is -1.90. The first-order chi connectivity index (χ1) is 12.6. The van der Waals surface area contributed by atoms with Crippen LogP contribution in [0.5, 0.6) is 5.75 Å². The second-order valence-corrected chi connectivity index (χ2v) is 7.01. The van der Waals surface area contributed by atoms with E-state index in [2.05, 4.69) is 11.1 Å². The largest absolute Gasteiger partial charge is 0.494 e. The average molecular weight is 401 g/mol. The molecule has 0 radical (unpaired) electrons. The Hall–Kier alpha value is -2.32. The van der Waals surface area contributed by atoms with Gasteiger partial charge in [0.15, 0.2) is 0 Å². The number of nitriles is 1. The standard InChI is InChI=1S/C20H14Cl2N2OS/c1-2-25-16-6-3-13(4-7-16)9-15(11-23)20-24-19(12-26-20)14-5-8-17(21)18(22)10-14/h3-10,12H,2H2,1H3. The molecule has 0 saturated heterocycles. The van der Waals surface area contributed by atoms with Gasteiger partial charge in [0.05, 0.1) is 27.9 Å². The molecular formula is C20H14Cl2N2OS. The Morgan fingerprint density at radius 2 is 1.96 bits per heavy atom. The fourth-order valence-corrected chi connectivity index (χ4v) is 3.41. The van der Waals surface area contributed by atoms with Crippen LogP contribution in [0.3, 0.4) is 0 Å². The number of rotatable bonds is 5. The SMILES string of the molecule is CCOc1ccc(C=C(C#N)c2nc(-c3ccc(Cl)c(Cl)c3)cs2)cc1. The summed E-state index contributed by atoms with van der Waals surface area (Å²) >= 11 is 13.4. The summed E-state index contributed by atoms with van der Waals surface area (Å²) in [6, 6.07) is 15.2. The number of nitrogens with zero attached hydrogens (tertiary/aromatic N) is 2. The minimum absolute atomic E-state index is 0.476. The predicted octanol–water partition coefficient (Wildman–Crippen LogP) is 6.58. The van der Waals surface area contributed by atoms with E-state index in [0.29, 0.717) is 27.2 Å². The van der Waals surface area contributed by atoms with Gasteiger partial charge in [0.2, 0.25) is 0 Å². The molecule has 3 nitrogen and oxygen atoms in total. The molecule has 0 aliphatic heterocycles. The highest BCUT2D eigenvalue weighted by molar-refractivity contribution is 7.11. The second-order valence-electron chi connectivity index (χ2n) is 5.34. The maximum absolute atomic E-state index is 9.53. The van der Waals surface area contributed by atoms with Gasteiger partial charge >= 0.3 is 0 Å². The van der Waals surface area contributed by atoms with E-state index in [9.17, 15) is 5.26 Å². The van der Waals surface area contributed by atoms with E-state index in [4.69, 9.17) is 27.9 Å². The number of aromatic nitrogens is 1. The summed E-state index contributed by atoms with van der Waals surface area (Å²) in [6.45, 7) is 2.56. The van der Waals surface area contributed by atoms with Crippen LogP contribution in [0.1, 0.15) is 17.5 Å². The molecule has 3 aromatic rings. The molecule has 0 atom stereocenters. The summed E-state index contributed by atoms with van der Waals surface area (Å²) in [5.41, 5.74) is 3.04. The fraction of sp³-hybridized carbons (Fsp3) is 0.100. The Bertz CT molecular complexity index is 988. The molecule has 0 fully saturated rings. The van der Waals surface area contributed by atoms with Crippen molar-refractivity contribution in [3.05, 3.63) is 68.5 Å². The number of thiazole rings is 1. The molecule has 130 valence electrons. The number of ether oxygens (including phenoxy) is 1. The minimum atomic E-state index is 0.476. The molecule has 0 amide bonds. The lowest BCUT2D eigenvalue weighted by molar-refractivity contribution is 0.340. The van der Waals surface area contributed by atoms with Crippen LogP contribution in [0.25, 0.3) is 22.9 Å². The second kappa shape index (κ2) is 8.37. The number of allylic oxidation sites excluding steroid dienone is 1. The zero-order chi connectivity index (χ0) is 18.5. The Kier molecular flexibility index (Phi) is 5.95. The highest BCUT2D eigenvalue weighted by atomic mass is 35.5. The van der Waals surface area contributed by atoms with E-state index in [-0.39, 0.29) is 0 Å². The van der Waals surface area contributed by atoms with Crippen LogP contribution in [-0.4, -0.2) is 11.6 Å². The monoisotopic (exact) mass is 400 g/mol. The van der Waals surface area contributed by atoms with Crippen molar-refractivity contribution in [1.29, 1.82) is 5.26 Å². The van der Waals surface area contributed by atoms with Gasteiger partial charge in [0.1, 0.15) is 16.8 Å². The minimum Gasteiger partial charge on any atom is -0.494 e. The van der Waals surface area contributed by atoms with Gasteiger partial charge in [-0.1, -0.05) is 41.4 Å². The normalized spacial score (nSPS) is 11.2. The predicted molar refractivity (Wildman–Crippen MR) is 109 cm³/mol. The van der Waals surface area contributed by atoms with Crippen molar-refractivity contribution in [3.63, 3.8) is 0 Å². The van der Waals surface area contributed by atoms with Crippen molar-refractivity contribution in [2.75, 3.05) is 6.61 Å². The first-order valence-corrected chi connectivity index (χ1v) is 9.50. The van der Waals surface area contributed by atoms with Crippen LogP contribution in [-0.2, 0) is 0 Å². The molecule has 1 aromatic heterocycles. The zero-order valence-electron chi connectivity index (χ0n) is 13.9. The van der Waals surface area contributed by atoms with E-state index in [0.717, 1.165) is 22.6 Å². The van der Waals surface area contributed by atoms with Crippen molar-refractivity contribution < 1.29 is 4.74 Å². The maximum Gasteiger partial charge on any atom is 0.134 e. The van der Waals surface area contributed by atoms with Crippen LogP contribution < -0.4 is 4.74 Å². The fourth-order valence-electron chi connectivity index (χ4n) is 2.32. The van der Waals surface area contributed by atoms with Crippen LogP contribution in [0.15, 0.2) is 47.8 Å². The van der Waals surface area contributed by atoms with E-state index in [1.807, 2.05) is 48.7 Å². The van der Waals surface area contributed by atoms with Gasteiger partial charge in [-0.15, -0.1) is 11.3 Å². The highest BCUT2D eigenvalue weighted by Gasteiger charge is 2.10. The van der Waals surface area contributed by atoms with Crippen molar-refractivity contribution >= 4 is 46.2 Å². The number of benzene rings is 2. The van der Waals surface area contributed by atoms with Gasteiger partial charge in [-0.05, 0) is 42.8 Å². The molecule has 6 heteroatoms. The van der Waals surface area contributed by atoms with Crippen molar-refractivity contribution in [1.82, 2.24) is 4.98 Å². The van der Waals surface area contributed by atoms with E-state index in [1.54, 1.807) is 12.1 Å². The van der Waals surface area contributed by atoms with Gasteiger partial charge in [-0.2, -0.15) is 5.26 Å². The molecule has 2 aromatic carbocycles. The maximum atomic E-state index is 9.53. The molecule has 0 aliphatic rings. The molecule has 0 saturated carbocycles. The molecule has 1 heterocycles. The third kappa shape index (κ3) is 4.25. The molecule has 26 heavy (non-hydrogen) atoms. The Balaban J connectivity index is 1.88.